The van der Waals surface area contributed by atoms with Crippen LogP contribution in [0.4, 0.5) is 0 Å². The Balaban J connectivity index is 2.53. The average molecular weight is 136 g/mol. The molecule has 0 radical (unpaired) electrons. The van der Waals surface area contributed by atoms with Crippen LogP contribution in [0.15, 0.2) is 18.3 Å². The van der Waals surface area contributed by atoms with Crippen LogP contribution < -0.4 is 5.73 Å². The highest BCUT2D eigenvalue weighted by atomic mass is 16.1. The Morgan fingerprint density at radius 1 is 1.70 bits per heavy atom. The first-order valence-corrected chi connectivity index (χ1v) is 3.24. The van der Waals surface area contributed by atoms with Crippen molar-refractivity contribution in [3.63, 3.8) is 0 Å². The van der Waals surface area contributed by atoms with Gasteiger partial charge in [-0.25, -0.2) is 0 Å². The van der Waals surface area contributed by atoms with E-state index in [1.165, 1.54) is 0 Å². The third kappa shape index (κ3) is 0.552. The Bertz CT molecular complexity index is 277. The first kappa shape index (κ1) is 5.68. The van der Waals surface area contributed by atoms with Gasteiger partial charge in [-0.15, -0.1) is 0 Å². The second-order valence-electron chi connectivity index (χ2n) is 2.52. The predicted octanol–water partition coefficient (Wildman–Crippen LogP) is 0.0117. The van der Waals surface area contributed by atoms with Crippen molar-refractivity contribution in [2.24, 2.45) is 5.73 Å². The van der Waals surface area contributed by atoms with Crippen molar-refractivity contribution in [3.05, 3.63) is 24.0 Å². The van der Waals surface area contributed by atoms with Gasteiger partial charge in [-0.05, 0) is 12.1 Å². The highest BCUT2D eigenvalue weighted by Crippen LogP contribution is 2.13. The highest BCUT2D eigenvalue weighted by Gasteiger charge is 2.26. The summed E-state index contributed by atoms with van der Waals surface area (Å²) in [5.74, 6) is 0.0602. The van der Waals surface area contributed by atoms with Crippen LogP contribution >= 0.6 is 0 Å². The number of fused-ring (bicyclic) bond motifs is 1. The first-order valence-electron chi connectivity index (χ1n) is 3.24. The summed E-state index contributed by atoms with van der Waals surface area (Å²) in [5.41, 5.74) is 6.25. The Labute approximate surface area is 58.4 Å². The van der Waals surface area contributed by atoms with Crippen molar-refractivity contribution in [1.29, 1.82) is 0 Å². The van der Waals surface area contributed by atoms with Gasteiger partial charge in [-0.3, -0.25) is 4.79 Å². The van der Waals surface area contributed by atoms with Crippen molar-refractivity contribution in [1.82, 2.24) is 4.57 Å². The Morgan fingerprint density at radius 2 is 2.50 bits per heavy atom. The van der Waals surface area contributed by atoms with Gasteiger partial charge in [-0.1, -0.05) is 0 Å². The van der Waals surface area contributed by atoms with Gasteiger partial charge in [-0.2, -0.15) is 0 Å². The number of nitrogens with zero attached hydrogens (tertiary/aromatic N) is 1. The number of rotatable bonds is 0. The minimum Gasteiger partial charge on any atom is -0.343 e. The fourth-order valence-electron chi connectivity index (χ4n) is 1.28. The lowest BCUT2D eigenvalue weighted by atomic mass is 10.2. The number of aromatic nitrogens is 1. The summed E-state index contributed by atoms with van der Waals surface area (Å²) in [7, 11) is 0. The third-order valence-electron chi connectivity index (χ3n) is 1.81. The monoisotopic (exact) mass is 136 g/mol. The van der Waals surface area contributed by atoms with E-state index in [2.05, 4.69) is 0 Å². The third-order valence-corrected chi connectivity index (χ3v) is 1.81. The van der Waals surface area contributed by atoms with Gasteiger partial charge < -0.3 is 10.3 Å². The predicted molar refractivity (Wildman–Crippen MR) is 36.7 cm³/mol. The second-order valence-corrected chi connectivity index (χ2v) is 2.52. The molecule has 0 aliphatic carbocycles. The maximum Gasteiger partial charge on any atom is 0.197 e. The van der Waals surface area contributed by atoms with Gasteiger partial charge in [0, 0.05) is 12.7 Å². The van der Waals surface area contributed by atoms with Gasteiger partial charge in [0.05, 0.1) is 11.7 Å². The first-order chi connectivity index (χ1) is 4.79. The number of Topliss-reactive ketones (excluding diaryl/α,β-unsaturated/α-hetero) is 1. The van der Waals surface area contributed by atoms with E-state index in [1.807, 2.05) is 16.8 Å². The molecule has 0 saturated carbocycles. The fourth-order valence-corrected chi connectivity index (χ4v) is 1.28. The molecule has 3 heteroatoms. The Morgan fingerprint density at radius 3 is 3.20 bits per heavy atom. The van der Waals surface area contributed by atoms with Crippen LogP contribution in [0, 0.1) is 0 Å². The molecule has 1 unspecified atom stereocenters. The van der Waals surface area contributed by atoms with Crippen LogP contribution in [0.3, 0.4) is 0 Å². The molecule has 0 spiro atoms. The number of hydrogen-bond donors (Lipinski definition) is 1. The van der Waals surface area contributed by atoms with E-state index in [0.717, 1.165) is 5.69 Å². The van der Waals surface area contributed by atoms with Gasteiger partial charge in [0.2, 0.25) is 0 Å². The Hall–Kier alpha value is -1.09. The minimum absolute atomic E-state index is 0.0602. The maximum atomic E-state index is 11.1. The molecule has 2 N–H and O–H groups in total. The second kappa shape index (κ2) is 1.70. The number of carbonyl (C=O) groups excluding carboxylic acids is 1. The van der Waals surface area contributed by atoms with Gasteiger partial charge in [0.1, 0.15) is 0 Å². The molecular formula is C7H8N2O. The van der Waals surface area contributed by atoms with Crippen LogP contribution in [0.5, 0.6) is 0 Å². The fraction of sp³-hybridized carbons (Fsp3) is 0.286. The molecule has 1 aliphatic heterocycles. The summed E-state index contributed by atoms with van der Waals surface area (Å²) in [6, 6.07) is 3.35. The largest absolute Gasteiger partial charge is 0.343 e. The lowest BCUT2D eigenvalue weighted by molar-refractivity contribution is 0.0974. The van der Waals surface area contributed by atoms with E-state index in [4.69, 9.17) is 5.73 Å². The molecule has 1 aromatic heterocycles. The van der Waals surface area contributed by atoms with Gasteiger partial charge >= 0.3 is 0 Å². The number of hydrogen-bond acceptors (Lipinski definition) is 2. The standard InChI is InChI=1S/C7H8N2O/c8-5-4-9-3-1-2-6(9)7(5)10/h1-3,5H,4,8H2. The number of carbonyl (C=O) groups is 1. The molecule has 1 aromatic rings. The smallest absolute Gasteiger partial charge is 0.197 e. The summed E-state index contributed by atoms with van der Waals surface area (Å²) in [4.78, 5) is 11.1. The van der Waals surface area contributed by atoms with Crippen LogP contribution in [0.2, 0.25) is 0 Å². The summed E-state index contributed by atoms with van der Waals surface area (Å²) < 4.78 is 1.88. The summed E-state index contributed by atoms with van der Waals surface area (Å²) >= 11 is 0. The lowest BCUT2D eigenvalue weighted by Crippen LogP contribution is -2.26. The number of nitrogens with two attached hydrogens (primary N) is 1. The zero-order chi connectivity index (χ0) is 7.14. The molecule has 0 aromatic carbocycles. The highest BCUT2D eigenvalue weighted by molar-refractivity contribution is 6.00. The molecule has 1 aliphatic rings. The van der Waals surface area contributed by atoms with Gasteiger partial charge in [0.15, 0.2) is 5.78 Å². The lowest BCUT2D eigenvalue weighted by Gasteiger charge is -1.95. The quantitative estimate of drug-likeness (QED) is 0.546. The van der Waals surface area contributed by atoms with E-state index < -0.39 is 0 Å². The summed E-state index contributed by atoms with van der Waals surface area (Å²) in [6.07, 6.45) is 1.88. The molecule has 3 nitrogen and oxygen atoms in total. The molecule has 0 bridgehead atoms. The molecule has 2 heterocycles. The van der Waals surface area contributed by atoms with Gasteiger partial charge in [0.25, 0.3) is 0 Å². The van der Waals surface area contributed by atoms with E-state index in [-0.39, 0.29) is 11.8 Å². The van der Waals surface area contributed by atoms with Crippen LogP contribution in [-0.4, -0.2) is 16.4 Å². The van der Waals surface area contributed by atoms with E-state index in [9.17, 15) is 4.79 Å². The average Bonchev–Trinajstić information content (AvgIpc) is 2.41. The molecular weight excluding hydrogens is 128 g/mol. The zero-order valence-electron chi connectivity index (χ0n) is 5.45. The molecule has 0 amide bonds. The van der Waals surface area contributed by atoms with Crippen LogP contribution in [-0.2, 0) is 6.54 Å². The Kier molecular flexibility index (Phi) is 0.964. The van der Waals surface area contributed by atoms with E-state index >= 15 is 0 Å². The van der Waals surface area contributed by atoms with Crippen molar-refractivity contribution in [2.45, 2.75) is 12.6 Å². The molecule has 0 saturated heterocycles. The van der Waals surface area contributed by atoms with E-state index in [0.29, 0.717) is 6.54 Å². The maximum absolute atomic E-state index is 11.1. The molecule has 1 atom stereocenters. The number of ketones is 1. The topological polar surface area (TPSA) is 48.0 Å². The van der Waals surface area contributed by atoms with Crippen LogP contribution in [0.25, 0.3) is 0 Å². The van der Waals surface area contributed by atoms with Crippen LogP contribution in [0.1, 0.15) is 10.5 Å². The van der Waals surface area contributed by atoms with Crippen molar-refractivity contribution < 1.29 is 4.79 Å². The normalized spacial score (nSPS) is 23.3. The van der Waals surface area contributed by atoms with Crippen molar-refractivity contribution in [3.8, 4) is 0 Å². The van der Waals surface area contributed by atoms with Crippen molar-refractivity contribution >= 4 is 5.78 Å². The minimum atomic E-state index is -0.309. The molecule has 0 fully saturated rings. The molecule has 2 rings (SSSR count). The molecule has 52 valence electrons. The zero-order valence-corrected chi connectivity index (χ0v) is 5.45. The SMILES string of the molecule is NC1Cn2cccc2C1=O. The van der Waals surface area contributed by atoms with Crippen molar-refractivity contribution in [2.75, 3.05) is 0 Å². The molecule has 10 heavy (non-hydrogen) atoms. The summed E-state index contributed by atoms with van der Waals surface area (Å²) in [6.45, 7) is 0.640. The summed E-state index contributed by atoms with van der Waals surface area (Å²) in [5, 5.41) is 0. The van der Waals surface area contributed by atoms with E-state index in [1.54, 1.807) is 6.07 Å².